The minimum atomic E-state index is -1.05. The van der Waals surface area contributed by atoms with Gasteiger partial charge in [-0.2, -0.15) is 0 Å². The molecule has 6 heteroatoms. The van der Waals surface area contributed by atoms with Crippen molar-refractivity contribution in [2.24, 2.45) is 0 Å². The molecule has 0 saturated carbocycles. The second-order valence-electron chi connectivity index (χ2n) is 2.19. The standard InChI is InChI=1S/C7H10N2O4/c1-5(4-10)9-6(11)2-8-3-7(12)13/h4,8H,1-3H2,(H,9,11)(H,12,13). The molecule has 0 aromatic carbocycles. The van der Waals surface area contributed by atoms with E-state index in [1.165, 1.54) is 0 Å². The summed E-state index contributed by atoms with van der Waals surface area (Å²) in [6.07, 6.45) is 0.398. The smallest absolute Gasteiger partial charge is 0.317 e. The van der Waals surface area contributed by atoms with Gasteiger partial charge in [0.05, 0.1) is 18.8 Å². The summed E-state index contributed by atoms with van der Waals surface area (Å²) in [5.74, 6) is -1.56. The molecule has 0 aliphatic rings. The van der Waals surface area contributed by atoms with Crippen molar-refractivity contribution in [2.75, 3.05) is 13.1 Å². The van der Waals surface area contributed by atoms with Crippen LogP contribution < -0.4 is 10.6 Å². The molecule has 0 aromatic rings. The van der Waals surface area contributed by atoms with E-state index < -0.39 is 11.9 Å². The van der Waals surface area contributed by atoms with Crippen LogP contribution in [0.5, 0.6) is 0 Å². The molecule has 0 rings (SSSR count). The zero-order valence-electron chi connectivity index (χ0n) is 6.87. The van der Waals surface area contributed by atoms with Gasteiger partial charge >= 0.3 is 5.97 Å². The minimum Gasteiger partial charge on any atom is -0.480 e. The molecule has 0 bridgehead atoms. The Balaban J connectivity index is 3.57. The Hall–Kier alpha value is -1.69. The molecule has 72 valence electrons. The number of carbonyl (C=O) groups excluding carboxylic acids is 2. The molecule has 0 saturated heterocycles. The Morgan fingerprint density at radius 3 is 2.46 bits per heavy atom. The van der Waals surface area contributed by atoms with E-state index in [1.54, 1.807) is 0 Å². The number of amides is 1. The summed E-state index contributed by atoms with van der Waals surface area (Å²) >= 11 is 0. The molecular formula is C7H10N2O4. The lowest BCUT2D eigenvalue weighted by atomic mass is 10.5. The van der Waals surface area contributed by atoms with E-state index in [-0.39, 0.29) is 18.8 Å². The summed E-state index contributed by atoms with van der Waals surface area (Å²) in [5, 5.41) is 12.7. The first kappa shape index (κ1) is 11.3. The van der Waals surface area contributed by atoms with Gasteiger partial charge in [-0.25, -0.2) is 0 Å². The van der Waals surface area contributed by atoms with Gasteiger partial charge in [0.25, 0.3) is 0 Å². The van der Waals surface area contributed by atoms with Crippen LogP contribution in [0.1, 0.15) is 0 Å². The van der Waals surface area contributed by atoms with Crippen LogP contribution in [0.25, 0.3) is 0 Å². The van der Waals surface area contributed by atoms with Gasteiger partial charge < -0.3 is 10.4 Å². The Morgan fingerprint density at radius 2 is 2.00 bits per heavy atom. The Kier molecular flexibility index (Phi) is 5.13. The Morgan fingerprint density at radius 1 is 1.38 bits per heavy atom. The second kappa shape index (κ2) is 5.90. The number of carboxylic acid groups (broad SMARTS) is 1. The molecule has 0 unspecified atom stereocenters. The highest BCUT2D eigenvalue weighted by Gasteiger charge is 2.02. The average molecular weight is 186 g/mol. The highest BCUT2D eigenvalue weighted by molar-refractivity contribution is 5.86. The van der Waals surface area contributed by atoms with Crippen molar-refractivity contribution in [1.29, 1.82) is 0 Å². The summed E-state index contributed by atoms with van der Waals surface area (Å²) in [5.41, 5.74) is -0.0536. The lowest BCUT2D eigenvalue weighted by molar-refractivity contribution is -0.136. The van der Waals surface area contributed by atoms with E-state index in [0.717, 1.165) is 0 Å². The predicted octanol–water partition coefficient (Wildman–Crippen LogP) is -1.51. The predicted molar refractivity (Wildman–Crippen MR) is 43.9 cm³/mol. The first-order valence-corrected chi connectivity index (χ1v) is 3.42. The van der Waals surface area contributed by atoms with Gasteiger partial charge in [-0.1, -0.05) is 6.58 Å². The van der Waals surface area contributed by atoms with Gasteiger partial charge in [0.1, 0.15) is 0 Å². The maximum absolute atomic E-state index is 10.8. The number of allylic oxidation sites excluding steroid dienone is 1. The van der Waals surface area contributed by atoms with Crippen molar-refractivity contribution >= 4 is 18.2 Å². The van der Waals surface area contributed by atoms with E-state index in [9.17, 15) is 14.4 Å². The maximum atomic E-state index is 10.8. The lowest BCUT2D eigenvalue weighted by Gasteiger charge is -2.02. The van der Waals surface area contributed by atoms with E-state index in [4.69, 9.17) is 5.11 Å². The molecule has 0 heterocycles. The van der Waals surface area contributed by atoms with E-state index in [0.29, 0.717) is 6.29 Å². The molecule has 3 N–H and O–H groups in total. The highest BCUT2D eigenvalue weighted by Crippen LogP contribution is 1.74. The van der Waals surface area contributed by atoms with Crippen LogP contribution >= 0.6 is 0 Å². The third-order valence-electron chi connectivity index (χ3n) is 1.00. The molecule has 0 radical (unpaired) electrons. The van der Waals surface area contributed by atoms with E-state index >= 15 is 0 Å². The number of hydrogen-bond donors (Lipinski definition) is 3. The van der Waals surface area contributed by atoms with Gasteiger partial charge in [-0.15, -0.1) is 0 Å². The summed E-state index contributed by atoms with van der Waals surface area (Å²) in [6.45, 7) is 2.74. The quantitative estimate of drug-likeness (QED) is 0.346. The van der Waals surface area contributed by atoms with Crippen LogP contribution in [-0.4, -0.2) is 36.4 Å². The van der Waals surface area contributed by atoms with Crippen LogP contribution in [-0.2, 0) is 14.4 Å². The van der Waals surface area contributed by atoms with Gasteiger partial charge in [0.2, 0.25) is 5.91 Å². The van der Waals surface area contributed by atoms with Gasteiger partial charge in [-0.3, -0.25) is 19.7 Å². The van der Waals surface area contributed by atoms with Crippen molar-refractivity contribution in [3.63, 3.8) is 0 Å². The van der Waals surface area contributed by atoms with Crippen LogP contribution in [0, 0.1) is 0 Å². The fourth-order valence-electron chi connectivity index (χ4n) is 0.536. The molecule has 0 aromatic heterocycles. The normalized spacial score (nSPS) is 8.92. The number of aldehydes is 1. The van der Waals surface area contributed by atoms with Crippen molar-refractivity contribution in [1.82, 2.24) is 10.6 Å². The Bertz CT molecular complexity index is 237. The van der Waals surface area contributed by atoms with Gasteiger partial charge in [0, 0.05) is 0 Å². The molecule has 0 atom stereocenters. The van der Waals surface area contributed by atoms with Crippen LogP contribution in [0.4, 0.5) is 0 Å². The largest absolute Gasteiger partial charge is 0.480 e. The van der Waals surface area contributed by atoms with Crippen molar-refractivity contribution in [3.05, 3.63) is 12.3 Å². The fourth-order valence-corrected chi connectivity index (χ4v) is 0.536. The summed E-state index contributed by atoms with van der Waals surface area (Å²) in [6, 6.07) is 0. The van der Waals surface area contributed by atoms with Crippen molar-refractivity contribution in [2.45, 2.75) is 0 Å². The van der Waals surface area contributed by atoms with Gasteiger partial charge in [-0.05, 0) is 0 Å². The second-order valence-corrected chi connectivity index (χ2v) is 2.19. The molecule has 6 nitrogen and oxygen atoms in total. The fraction of sp³-hybridized carbons (Fsp3) is 0.286. The number of rotatable bonds is 6. The topological polar surface area (TPSA) is 95.5 Å². The lowest BCUT2D eigenvalue weighted by Crippen LogP contribution is -2.35. The van der Waals surface area contributed by atoms with Crippen LogP contribution in [0.3, 0.4) is 0 Å². The first-order chi connectivity index (χ1) is 6.06. The number of carboxylic acids is 1. The summed E-state index contributed by atoms with van der Waals surface area (Å²) in [4.78, 5) is 30.8. The van der Waals surface area contributed by atoms with Crippen LogP contribution in [0.2, 0.25) is 0 Å². The third kappa shape index (κ3) is 6.70. The average Bonchev–Trinajstić information content (AvgIpc) is 2.03. The molecule has 1 amide bonds. The molecule has 0 spiro atoms. The molecule has 0 aliphatic heterocycles. The monoisotopic (exact) mass is 186 g/mol. The minimum absolute atomic E-state index is 0.0536. The number of carbonyl (C=O) groups is 3. The van der Waals surface area contributed by atoms with Crippen molar-refractivity contribution in [3.8, 4) is 0 Å². The molecular weight excluding hydrogens is 176 g/mol. The third-order valence-corrected chi connectivity index (χ3v) is 1.00. The zero-order valence-corrected chi connectivity index (χ0v) is 6.87. The number of hydrogen-bond acceptors (Lipinski definition) is 4. The molecule has 0 aliphatic carbocycles. The Labute approximate surface area is 74.6 Å². The zero-order chi connectivity index (χ0) is 10.3. The molecule has 13 heavy (non-hydrogen) atoms. The van der Waals surface area contributed by atoms with Crippen molar-refractivity contribution < 1.29 is 19.5 Å². The molecule has 0 fully saturated rings. The maximum Gasteiger partial charge on any atom is 0.317 e. The van der Waals surface area contributed by atoms with Gasteiger partial charge in [0.15, 0.2) is 6.29 Å². The van der Waals surface area contributed by atoms with E-state index in [1.807, 2.05) is 0 Å². The SMILES string of the molecule is C=C(C=O)NC(=O)CNCC(=O)O. The van der Waals surface area contributed by atoms with Crippen LogP contribution in [0.15, 0.2) is 12.3 Å². The highest BCUT2D eigenvalue weighted by atomic mass is 16.4. The summed E-state index contributed by atoms with van der Waals surface area (Å²) < 4.78 is 0. The number of aliphatic carboxylic acids is 1. The van der Waals surface area contributed by atoms with E-state index in [2.05, 4.69) is 17.2 Å². The number of nitrogens with one attached hydrogen (secondary N) is 2. The summed E-state index contributed by atoms with van der Waals surface area (Å²) in [7, 11) is 0. The first-order valence-electron chi connectivity index (χ1n) is 3.42.